The van der Waals surface area contributed by atoms with Crippen LogP contribution in [0.1, 0.15) is 51.0 Å². The molecule has 0 saturated carbocycles. The lowest BCUT2D eigenvalue weighted by Gasteiger charge is -2.31. The molecule has 1 aromatic heterocycles. The molecular formula is C26H30N4O3S. The number of hydrogen-bond donors (Lipinski definition) is 0. The van der Waals surface area contributed by atoms with Gasteiger partial charge in [0.25, 0.3) is 0 Å². The van der Waals surface area contributed by atoms with E-state index in [1.807, 2.05) is 56.3 Å². The van der Waals surface area contributed by atoms with Gasteiger partial charge < -0.3 is 9.47 Å². The van der Waals surface area contributed by atoms with Gasteiger partial charge in [-0.05, 0) is 55.7 Å². The first-order valence-corrected chi connectivity index (χ1v) is 12.5. The Morgan fingerprint density at radius 2 is 1.94 bits per heavy atom. The monoisotopic (exact) mass is 478 g/mol. The smallest absolute Gasteiger partial charge is 0.247 e. The van der Waals surface area contributed by atoms with Crippen molar-refractivity contribution >= 4 is 23.4 Å². The summed E-state index contributed by atoms with van der Waals surface area (Å²) in [7, 11) is 1.63. The van der Waals surface area contributed by atoms with E-state index in [4.69, 9.17) is 14.5 Å². The second kappa shape index (κ2) is 10.4. The van der Waals surface area contributed by atoms with Gasteiger partial charge in [0, 0.05) is 23.3 Å². The first kappa shape index (κ1) is 24.0. The van der Waals surface area contributed by atoms with E-state index in [1.165, 1.54) is 0 Å². The Labute approximate surface area is 204 Å². The van der Waals surface area contributed by atoms with E-state index in [0.29, 0.717) is 29.1 Å². The van der Waals surface area contributed by atoms with Gasteiger partial charge in [0.1, 0.15) is 5.75 Å². The molecule has 4 rings (SSSR count). The second-order valence-corrected chi connectivity index (χ2v) is 9.72. The molecule has 0 saturated heterocycles. The molecule has 7 nitrogen and oxygen atoms in total. The average Bonchev–Trinajstić information content (AvgIpc) is 2.97. The normalized spacial score (nSPS) is 14.8. The minimum absolute atomic E-state index is 0.0245. The number of rotatable bonds is 7. The zero-order valence-corrected chi connectivity index (χ0v) is 21.1. The molecule has 1 aliphatic heterocycles. The Hall–Kier alpha value is -3.13. The summed E-state index contributed by atoms with van der Waals surface area (Å²) in [6.45, 7) is 8.31. The number of nitrogens with zero attached hydrogens (tertiary/aromatic N) is 4. The molecule has 0 bridgehead atoms. The quantitative estimate of drug-likeness (QED) is 0.396. The number of aromatic nitrogens is 3. The maximum atomic E-state index is 13.5. The molecule has 0 fully saturated rings. The van der Waals surface area contributed by atoms with Gasteiger partial charge >= 0.3 is 0 Å². The zero-order chi connectivity index (χ0) is 24.2. The first-order valence-electron chi connectivity index (χ1n) is 11.5. The van der Waals surface area contributed by atoms with Gasteiger partial charge in [0.05, 0.1) is 12.8 Å². The van der Waals surface area contributed by atoms with Crippen LogP contribution in [0.25, 0.3) is 11.3 Å². The van der Waals surface area contributed by atoms with Crippen LogP contribution in [0.3, 0.4) is 0 Å². The first-order chi connectivity index (χ1) is 16.4. The van der Waals surface area contributed by atoms with Crippen molar-refractivity contribution in [2.75, 3.05) is 17.8 Å². The van der Waals surface area contributed by atoms with Crippen LogP contribution in [0.2, 0.25) is 0 Å². The molecule has 2 heterocycles. The number of aryl methyl sites for hydroxylation is 1. The van der Waals surface area contributed by atoms with Crippen molar-refractivity contribution in [1.82, 2.24) is 15.2 Å². The van der Waals surface area contributed by atoms with Gasteiger partial charge in [-0.1, -0.05) is 44.2 Å². The minimum atomic E-state index is -0.702. The van der Waals surface area contributed by atoms with Crippen LogP contribution in [-0.4, -0.2) is 34.0 Å². The van der Waals surface area contributed by atoms with Gasteiger partial charge in [0.15, 0.2) is 5.69 Å². The third kappa shape index (κ3) is 5.01. The van der Waals surface area contributed by atoms with Crippen LogP contribution in [0, 0.1) is 12.8 Å². The van der Waals surface area contributed by atoms with E-state index in [-0.39, 0.29) is 5.91 Å². The number of hydrogen-bond acceptors (Lipinski definition) is 7. The maximum Gasteiger partial charge on any atom is 0.247 e. The van der Waals surface area contributed by atoms with E-state index in [0.717, 1.165) is 40.3 Å². The Kier molecular flexibility index (Phi) is 7.36. The highest BCUT2D eigenvalue weighted by atomic mass is 32.2. The van der Waals surface area contributed by atoms with E-state index in [1.54, 1.807) is 23.8 Å². The van der Waals surface area contributed by atoms with Crippen LogP contribution in [0.4, 0.5) is 5.69 Å². The molecule has 0 aliphatic carbocycles. The molecule has 0 unspecified atom stereocenters. The molecular weight excluding hydrogens is 448 g/mol. The molecule has 0 radical (unpaired) electrons. The number of carbonyl (C=O) groups is 1. The SMILES string of the molecule is CCCC(=O)N1c2ccc(C)cc2-c2nnc(SCC(C)C)nc2O[C@H]1c1ccc(OC)cc1. The lowest BCUT2D eigenvalue weighted by atomic mass is 10.0. The lowest BCUT2D eigenvalue weighted by molar-refractivity contribution is -0.120. The molecule has 0 N–H and O–H groups in total. The molecule has 1 atom stereocenters. The summed E-state index contributed by atoms with van der Waals surface area (Å²) < 4.78 is 11.8. The predicted molar refractivity (Wildman–Crippen MR) is 134 cm³/mol. The number of carbonyl (C=O) groups excluding carboxylic acids is 1. The Morgan fingerprint density at radius 1 is 1.18 bits per heavy atom. The number of methoxy groups -OCH3 is 1. The number of thioether (sulfide) groups is 1. The predicted octanol–water partition coefficient (Wildman–Crippen LogP) is 5.83. The van der Waals surface area contributed by atoms with Crippen LogP contribution < -0.4 is 14.4 Å². The van der Waals surface area contributed by atoms with Crippen LogP contribution >= 0.6 is 11.8 Å². The molecule has 1 aliphatic rings. The van der Waals surface area contributed by atoms with Gasteiger partial charge in [-0.2, -0.15) is 4.98 Å². The minimum Gasteiger partial charge on any atom is -0.497 e. The van der Waals surface area contributed by atoms with E-state index in [9.17, 15) is 4.79 Å². The summed E-state index contributed by atoms with van der Waals surface area (Å²) in [5.74, 6) is 2.45. The summed E-state index contributed by atoms with van der Waals surface area (Å²) in [5, 5.41) is 9.44. The largest absolute Gasteiger partial charge is 0.497 e. The van der Waals surface area contributed by atoms with Crippen molar-refractivity contribution in [3.63, 3.8) is 0 Å². The van der Waals surface area contributed by atoms with Crippen molar-refractivity contribution in [1.29, 1.82) is 0 Å². The number of amides is 1. The molecule has 1 amide bonds. The fraction of sp³-hybridized carbons (Fsp3) is 0.385. The van der Waals surface area contributed by atoms with Crippen molar-refractivity contribution in [3.8, 4) is 22.9 Å². The summed E-state index contributed by atoms with van der Waals surface area (Å²) in [6.07, 6.45) is 0.425. The highest BCUT2D eigenvalue weighted by molar-refractivity contribution is 7.99. The molecule has 0 spiro atoms. The zero-order valence-electron chi connectivity index (χ0n) is 20.2. The number of anilines is 1. The highest BCUT2D eigenvalue weighted by Gasteiger charge is 2.35. The van der Waals surface area contributed by atoms with E-state index in [2.05, 4.69) is 24.0 Å². The van der Waals surface area contributed by atoms with Crippen LogP contribution in [0.5, 0.6) is 11.6 Å². The number of ether oxygens (including phenoxy) is 2. The van der Waals surface area contributed by atoms with Crippen molar-refractivity contribution in [3.05, 3.63) is 53.6 Å². The Morgan fingerprint density at radius 3 is 2.62 bits per heavy atom. The van der Waals surface area contributed by atoms with E-state index < -0.39 is 6.23 Å². The third-order valence-electron chi connectivity index (χ3n) is 5.44. The van der Waals surface area contributed by atoms with Gasteiger partial charge in [-0.25, -0.2) is 0 Å². The number of benzene rings is 2. The fourth-order valence-electron chi connectivity index (χ4n) is 3.77. The molecule has 34 heavy (non-hydrogen) atoms. The lowest BCUT2D eigenvalue weighted by Crippen LogP contribution is -2.37. The van der Waals surface area contributed by atoms with Crippen molar-refractivity contribution in [2.45, 2.75) is 51.9 Å². The molecule has 3 aromatic rings. The summed E-state index contributed by atoms with van der Waals surface area (Å²) >= 11 is 1.55. The average molecular weight is 479 g/mol. The Balaban J connectivity index is 1.89. The maximum absolute atomic E-state index is 13.5. The number of fused-ring (bicyclic) bond motifs is 3. The summed E-state index contributed by atoms with van der Waals surface area (Å²) in [6, 6.07) is 13.5. The standard InChI is InChI=1S/C26H30N4O3S/c1-6-7-22(31)30-21-13-8-17(4)14-20(21)23-24(27-26(29-28-23)34-15-16(2)3)33-25(30)18-9-11-19(32-5)12-10-18/h8-14,16,25H,6-7,15H2,1-5H3/t25-/m0/s1. The topological polar surface area (TPSA) is 77.4 Å². The van der Waals surface area contributed by atoms with Gasteiger partial charge in [0.2, 0.25) is 23.2 Å². The van der Waals surface area contributed by atoms with Crippen molar-refractivity contribution < 1.29 is 14.3 Å². The van der Waals surface area contributed by atoms with Crippen LogP contribution in [0.15, 0.2) is 47.6 Å². The van der Waals surface area contributed by atoms with Crippen molar-refractivity contribution in [2.24, 2.45) is 5.92 Å². The Bertz CT molecular complexity index is 1170. The third-order valence-corrected chi connectivity index (χ3v) is 6.70. The van der Waals surface area contributed by atoms with E-state index >= 15 is 0 Å². The molecule has 2 aromatic carbocycles. The van der Waals surface area contributed by atoms with Crippen LogP contribution in [-0.2, 0) is 4.79 Å². The fourth-order valence-corrected chi connectivity index (χ4v) is 4.50. The van der Waals surface area contributed by atoms with Gasteiger partial charge in [-0.3, -0.25) is 9.69 Å². The second-order valence-electron chi connectivity index (χ2n) is 8.73. The molecule has 178 valence electrons. The molecule has 8 heteroatoms. The highest BCUT2D eigenvalue weighted by Crippen LogP contribution is 2.44. The van der Waals surface area contributed by atoms with Gasteiger partial charge in [-0.15, -0.1) is 10.2 Å². The summed E-state index contributed by atoms with van der Waals surface area (Å²) in [4.78, 5) is 19.9. The summed E-state index contributed by atoms with van der Waals surface area (Å²) in [5.41, 5.74) is 3.94.